The van der Waals surface area contributed by atoms with Crippen molar-refractivity contribution >= 4 is 0 Å². The Kier molecular flexibility index (Phi) is 1.92. The summed E-state index contributed by atoms with van der Waals surface area (Å²) in [6.45, 7) is 0. The zero-order chi connectivity index (χ0) is 9.10. The smallest absolute Gasteiger partial charge is 0.255 e. The summed E-state index contributed by atoms with van der Waals surface area (Å²) in [5, 5.41) is 0. The van der Waals surface area contributed by atoms with Gasteiger partial charge >= 0.3 is 0 Å². The van der Waals surface area contributed by atoms with Gasteiger partial charge in [0.1, 0.15) is 0 Å². The lowest BCUT2D eigenvalue weighted by atomic mass is 10.1. The van der Waals surface area contributed by atoms with Crippen LogP contribution in [0, 0.1) is 0 Å². The first-order chi connectivity index (χ1) is 6.38. The second-order valence-corrected chi connectivity index (χ2v) is 2.65. The molecule has 0 amide bonds. The van der Waals surface area contributed by atoms with Crippen LogP contribution in [0.1, 0.15) is 0 Å². The topological polar surface area (TPSA) is 45.8 Å². The maximum atomic E-state index is 11.3. The number of hydrogen-bond donors (Lipinski definition) is 1. The van der Waals surface area contributed by atoms with Crippen LogP contribution in [0.15, 0.2) is 47.7 Å². The number of rotatable bonds is 1. The highest BCUT2D eigenvalue weighted by molar-refractivity contribution is 5.60. The summed E-state index contributed by atoms with van der Waals surface area (Å²) in [6, 6.07) is 7.21. The van der Waals surface area contributed by atoms with Gasteiger partial charge in [0.05, 0.1) is 0 Å². The minimum atomic E-state index is -0.0753. The standard InChI is InChI=1S/C10H8N2O/c13-10-9(2-1-5-12-10)8-3-6-11-7-4-8/h1-7H,(H,12,13). The van der Waals surface area contributed by atoms with Gasteiger partial charge in [0, 0.05) is 24.2 Å². The number of aromatic amines is 1. The Morgan fingerprint density at radius 3 is 2.62 bits per heavy atom. The number of hydrogen-bond acceptors (Lipinski definition) is 2. The molecule has 1 N–H and O–H groups in total. The molecule has 2 aromatic heterocycles. The van der Waals surface area contributed by atoms with Crippen molar-refractivity contribution in [3.63, 3.8) is 0 Å². The Hall–Kier alpha value is -1.90. The van der Waals surface area contributed by atoms with Gasteiger partial charge in [0.25, 0.3) is 5.56 Å². The van der Waals surface area contributed by atoms with Crippen LogP contribution < -0.4 is 5.56 Å². The molecule has 0 bridgehead atoms. The van der Waals surface area contributed by atoms with Crippen molar-refractivity contribution in [3.05, 3.63) is 53.2 Å². The van der Waals surface area contributed by atoms with E-state index in [0.717, 1.165) is 5.56 Å². The van der Waals surface area contributed by atoms with Gasteiger partial charge < -0.3 is 4.98 Å². The first kappa shape index (κ1) is 7.73. The third-order valence-electron chi connectivity index (χ3n) is 1.81. The van der Waals surface area contributed by atoms with Gasteiger partial charge in [-0.15, -0.1) is 0 Å². The number of H-pyrrole nitrogens is 1. The molecule has 3 heteroatoms. The van der Waals surface area contributed by atoms with Crippen molar-refractivity contribution in [2.75, 3.05) is 0 Å². The predicted octanol–water partition coefficient (Wildman–Crippen LogP) is 1.44. The molecule has 0 saturated heterocycles. The van der Waals surface area contributed by atoms with Crippen LogP contribution in [-0.4, -0.2) is 9.97 Å². The van der Waals surface area contributed by atoms with E-state index in [1.807, 2.05) is 12.1 Å². The molecule has 64 valence electrons. The molecule has 0 aliphatic rings. The Bertz CT molecular complexity index is 448. The minimum absolute atomic E-state index is 0.0753. The molecule has 0 radical (unpaired) electrons. The number of nitrogens with zero attached hydrogens (tertiary/aromatic N) is 1. The van der Waals surface area contributed by atoms with Crippen LogP contribution in [0.25, 0.3) is 11.1 Å². The van der Waals surface area contributed by atoms with Crippen LogP contribution in [0.4, 0.5) is 0 Å². The first-order valence-electron chi connectivity index (χ1n) is 3.96. The average Bonchev–Trinajstić information content (AvgIpc) is 2.20. The molecule has 3 nitrogen and oxygen atoms in total. The molecule has 0 aliphatic heterocycles. The quantitative estimate of drug-likeness (QED) is 0.707. The lowest BCUT2D eigenvalue weighted by Gasteiger charge is -1.97. The zero-order valence-corrected chi connectivity index (χ0v) is 6.90. The Morgan fingerprint density at radius 2 is 1.92 bits per heavy atom. The van der Waals surface area contributed by atoms with Crippen LogP contribution >= 0.6 is 0 Å². The molecule has 0 aromatic carbocycles. The maximum absolute atomic E-state index is 11.3. The van der Waals surface area contributed by atoms with Gasteiger partial charge in [-0.05, 0) is 29.8 Å². The van der Waals surface area contributed by atoms with Crippen molar-refractivity contribution < 1.29 is 0 Å². The van der Waals surface area contributed by atoms with E-state index < -0.39 is 0 Å². The molecule has 0 aliphatic carbocycles. The van der Waals surface area contributed by atoms with Gasteiger partial charge in [-0.3, -0.25) is 9.78 Å². The molecule has 2 aromatic rings. The van der Waals surface area contributed by atoms with Crippen molar-refractivity contribution in [1.29, 1.82) is 0 Å². The molecule has 0 saturated carbocycles. The molecule has 0 fully saturated rings. The van der Waals surface area contributed by atoms with Gasteiger partial charge in [-0.25, -0.2) is 0 Å². The normalized spacial score (nSPS) is 9.85. The van der Waals surface area contributed by atoms with E-state index in [1.54, 1.807) is 30.7 Å². The van der Waals surface area contributed by atoms with Crippen LogP contribution in [0.3, 0.4) is 0 Å². The van der Waals surface area contributed by atoms with Crippen molar-refractivity contribution in [2.24, 2.45) is 0 Å². The summed E-state index contributed by atoms with van der Waals surface area (Å²) in [7, 11) is 0. The number of aromatic nitrogens is 2. The average molecular weight is 172 g/mol. The predicted molar refractivity (Wildman–Crippen MR) is 50.3 cm³/mol. The Labute approximate surface area is 75.1 Å². The lowest BCUT2D eigenvalue weighted by molar-refractivity contribution is 1.23. The van der Waals surface area contributed by atoms with Gasteiger partial charge in [-0.1, -0.05) is 0 Å². The first-order valence-corrected chi connectivity index (χ1v) is 3.96. The lowest BCUT2D eigenvalue weighted by Crippen LogP contribution is -2.06. The van der Waals surface area contributed by atoms with E-state index in [1.165, 1.54) is 0 Å². The Morgan fingerprint density at radius 1 is 1.15 bits per heavy atom. The van der Waals surface area contributed by atoms with E-state index in [0.29, 0.717) is 5.56 Å². The third-order valence-corrected chi connectivity index (χ3v) is 1.81. The highest BCUT2D eigenvalue weighted by Gasteiger charge is 1.99. The van der Waals surface area contributed by atoms with E-state index in [9.17, 15) is 4.79 Å². The van der Waals surface area contributed by atoms with E-state index >= 15 is 0 Å². The molecule has 13 heavy (non-hydrogen) atoms. The third kappa shape index (κ3) is 1.49. The summed E-state index contributed by atoms with van der Waals surface area (Å²) in [6.07, 6.45) is 4.95. The minimum Gasteiger partial charge on any atom is -0.329 e. The fraction of sp³-hybridized carbons (Fsp3) is 0. The van der Waals surface area contributed by atoms with Gasteiger partial charge in [-0.2, -0.15) is 0 Å². The number of nitrogens with one attached hydrogen (secondary N) is 1. The molecule has 2 rings (SSSR count). The summed E-state index contributed by atoms with van der Waals surface area (Å²) in [4.78, 5) is 17.9. The fourth-order valence-electron chi connectivity index (χ4n) is 1.18. The van der Waals surface area contributed by atoms with Crippen molar-refractivity contribution in [2.45, 2.75) is 0 Å². The van der Waals surface area contributed by atoms with Gasteiger partial charge in [0.2, 0.25) is 0 Å². The fourth-order valence-corrected chi connectivity index (χ4v) is 1.18. The highest BCUT2D eigenvalue weighted by Crippen LogP contribution is 2.11. The molecule has 2 heterocycles. The molecular weight excluding hydrogens is 164 g/mol. The SMILES string of the molecule is O=c1[nH]cccc1-c1ccncc1. The maximum Gasteiger partial charge on any atom is 0.255 e. The van der Waals surface area contributed by atoms with E-state index in [2.05, 4.69) is 9.97 Å². The molecular formula is C10H8N2O. The molecule has 0 spiro atoms. The number of pyridine rings is 2. The second kappa shape index (κ2) is 3.23. The van der Waals surface area contributed by atoms with Crippen LogP contribution in [-0.2, 0) is 0 Å². The Balaban J connectivity index is 2.60. The van der Waals surface area contributed by atoms with Crippen molar-refractivity contribution in [1.82, 2.24) is 9.97 Å². The highest BCUT2D eigenvalue weighted by atomic mass is 16.1. The molecule has 0 atom stereocenters. The zero-order valence-electron chi connectivity index (χ0n) is 6.90. The van der Waals surface area contributed by atoms with Crippen LogP contribution in [0.5, 0.6) is 0 Å². The summed E-state index contributed by atoms with van der Waals surface area (Å²) in [5.74, 6) is 0. The summed E-state index contributed by atoms with van der Waals surface area (Å²) >= 11 is 0. The molecule has 0 unspecified atom stereocenters. The monoisotopic (exact) mass is 172 g/mol. The van der Waals surface area contributed by atoms with Gasteiger partial charge in [0.15, 0.2) is 0 Å². The van der Waals surface area contributed by atoms with Crippen molar-refractivity contribution in [3.8, 4) is 11.1 Å². The largest absolute Gasteiger partial charge is 0.329 e. The summed E-state index contributed by atoms with van der Waals surface area (Å²) in [5.41, 5.74) is 1.48. The van der Waals surface area contributed by atoms with E-state index in [-0.39, 0.29) is 5.56 Å². The van der Waals surface area contributed by atoms with Crippen LogP contribution in [0.2, 0.25) is 0 Å². The van der Waals surface area contributed by atoms with E-state index in [4.69, 9.17) is 0 Å². The second-order valence-electron chi connectivity index (χ2n) is 2.65. The summed E-state index contributed by atoms with van der Waals surface area (Å²) < 4.78 is 0.